The van der Waals surface area contributed by atoms with Gasteiger partial charge in [0.15, 0.2) is 17.2 Å². The number of hydrogen-bond acceptors (Lipinski definition) is 8. The lowest BCUT2D eigenvalue weighted by atomic mass is 9.84. The molecule has 4 rings (SSSR count). The Kier molecular flexibility index (Phi) is 6.69. The van der Waals surface area contributed by atoms with Gasteiger partial charge in [0, 0.05) is 12.6 Å². The van der Waals surface area contributed by atoms with E-state index >= 15 is 0 Å². The van der Waals surface area contributed by atoms with E-state index in [1.165, 1.54) is 21.8 Å². The van der Waals surface area contributed by atoms with E-state index in [1.807, 2.05) is 0 Å². The summed E-state index contributed by atoms with van der Waals surface area (Å²) in [6.07, 6.45) is 1.39. The largest absolute Gasteiger partial charge is 0.485 e. The predicted octanol–water partition coefficient (Wildman–Crippen LogP) is 3.16. The Morgan fingerprint density at radius 2 is 1.82 bits per heavy atom. The lowest BCUT2D eigenvalue weighted by Crippen LogP contribution is -2.37. The van der Waals surface area contributed by atoms with Crippen LogP contribution < -0.4 is 4.74 Å². The molecule has 3 aromatic heterocycles. The van der Waals surface area contributed by atoms with Crippen molar-refractivity contribution < 1.29 is 28.5 Å². The molecule has 0 aliphatic heterocycles. The van der Waals surface area contributed by atoms with Gasteiger partial charge in [-0.2, -0.15) is 0 Å². The van der Waals surface area contributed by atoms with Crippen LogP contribution in [0.1, 0.15) is 38.2 Å². The average molecular weight is 489 g/mol. The van der Waals surface area contributed by atoms with E-state index in [9.17, 15) is 23.8 Å². The molecule has 2 N–H and O–H groups in total. The average Bonchev–Trinajstić information content (AvgIpc) is 3.40. The van der Waals surface area contributed by atoms with Gasteiger partial charge in [-0.1, -0.05) is 6.07 Å². The Hall–Kier alpha value is -3.28. The van der Waals surface area contributed by atoms with Crippen molar-refractivity contribution >= 4 is 22.8 Å². The van der Waals surface area contributed by atoms with Gasteiger partial charge in [0.2, 0.25) is 0 Å². The van der Waals surface area contributed by atoms with Gasteiger partial charge >= 0.3 is 0 Å². The number of ketones is 1. The van der Waals surface area contributed by atoms with Gasteiger partial charge in [-0.3, -0.25) is 9.20 Å². The number of carbonyl (C=O) groups is 1. The molecular weight excluding hydrogens is 466 g/mol. The van der Waals surface area contributed by atoms with Crippen LogP contribution >= 0.6 is 11.3 Å². The Labute approximate surface area is 197 Å². The minimum atomic E-state index is -1.30. The van der Waals surface area contributed by atoms with Crippen molar-refractivity contribution in [3.8, 4) is 5.75 Å². The first-order valence-corrected chi connectivity index (χ1v) is 11.2. The summed E-state index contributed by atoms with van der Waals surface area (Å²) in [6.45, 7) is 2.04. The second kappa shape index (κ2) is 9.53. The van der Waals surface area contributed by atoms with Crippen LogP contribution in [0.4, 0.5) is 8.78 Å². The Bertz CT molecular complexity index is 1330. The summed E-state index contributed by atoms with van der Waals surface area (Å²) in [5.74, 6) is -1.59. The number of benzene rings is 1. The maximum absolute atomic E-state index is 14.0. The fourth-order valence-electron chi connectivity index (χ4n) is 3.70. The molecule has 4 aromatic rings. The molecule has 0 bridgehead atoms. The quantitative estimate of drug-likeness (QED) is 0.348. The molecule has 0 amide bonds. The molecule has 0 saturated carbocycles. The van der Waals surface area contributed by atoms with E-state index in [0.29, 0.717) is 21.4 Å². The molecule has 0 fully saturated rings. The number of rotatable bonds is 9. The Morgan fingerprint density at radius 1 is 1.12 bits per heavy atom. The van der Waals surface area contributed by atoms with E-state index in [-0.39, 0.29) is 35.8 Å². The minimum absolute atomic E-state index is 0.216. The van der Waals surface area contributed by atoms with Crippen molar-refractivity contribution in [1.82, 2.24) is 19.6 Å². The number of aryl methyl sites for hydroxylation is 2. The zero-order valence-electron chi connectivity index (χ0n) is 18.5. The van der Waals surface area contributed by atoms with Crippen LogP contribution in [0.2, 0.25) is 0 Å². The molecule has 8 nitrogen and oxygen atoms in total. The van der Waals surface area contributed by atoms with Crippen molar-refractivity contribution in [2.45, 2.75) is 32.3 Å². The van der Waals surface area contributed by atoms with Crippen molar-refractivity contribution in [2.75, 3.05) is 13.2 Å². The first kappa shape index (κ1) is 23.9. The predicted molar refractivity (Wildman–Crippen MR) is 120 cm³/mol. The summed E-state index contributed by atoms with van der Waals surface area (Å²) in [5, 5.41) is 29.1. The molecule has 0 atom stereocenters. The fraction of sp³-hybridized carbons (Fsp3) is 0.304. The number of imidazole rings is 1. The maximum Gasteiger partial charge on any atom is 0.182 e. The van der Waals surface area contributed by atoms with Gasteiger partial charge < -0.3 is 14.9 Å². The van der Waals surface area contributed by atoms with E-state index in [2.05, 4.69) is 15.2 Å². The number of aliphatic hydroxyl groups excluding tert-OH is 2. The Balaban J connectivity index is 1.66. The molecule has 3 heterocycles. The minimum Gasteiger partial charge on any atom is -0.485 e. The second-order valence-electron chi connectivity index (χ2n) is 7.92. The molecular formula is C23H22F2N4O4S. The zero-order valence-corrected chi connectivity index (χ0v) is 19.3. The molecule has 0 aliphatic rings. The monoisotopic (exact) mass is 488 g/mol. The first-order chi connectivity index (χ1) is 16.3. The van der Waals surface area contributed by atoms with Crippen LogP contribution in [-0.2, 0) is 12.0 Å². The van der Waals surface area contributed by atoms with Crippen LogP contribution in [-0.4, -0.2) is 48.8 Å². The molecule has 1 aromatic carbocycles. The number of nitrogens with zero attached hydrogens (tertiary/aromatic N) is 4. The van der Waals surface area contributed by atoms with E-state index in [1.54, 1.807) is 32.2 Å². The van der Waals surface area contributed by atoms with E-state index < -0.39 is 30.3 Å². The number of aromatic nitrogens is 4. The van der Waals surface area contributed by atoms with Crippen LogP contribution in [0.5, 0.6) is 5.75 Å². The van der Waals surface area contributed by atoms with Gasteiger partial charge in [0.1, 0.15) is 34.0 Å². The molecule has 178 valence electrons. The van der Waals surface area contributed by atoms with Crippen molar-refractivity contribution in [1.29, 1.82) is 0 Å². The molecule has 0 radical (unpaired) electrons. The molecule has 0 unspecified atom stereocenters. The molecule has 0 spiro atoms. The van der Waals surface area contributed by atoms with Crippen LogP contribution in [0.3, 0.4) is 0 Å². The maximum atomic E-state index is 14.0. The van der Waals surface area contributed by atoms with E-state index in [0.717, 1.165) is 12.1 Å². The summed E-state index contributed by atoms with van der Waals surface area (Å²) >= 11 is 1.20. The van der Waals surface area contributed by atoms with Gasteiger partial charge in [-0.25, -0.2) is 13.8 Å². The number of hydrogen-bond donors (Lipinski definition) is 2. The number of pyridine rings is 1. The van der Waals surface area contributed by atoms with Crippen molar-refractivity contribution in [3.05, 3.63) is 75.1 Å². The van der Waals surface area contributed by atoms with Crippen LogP contribution in [0, 0.1) is 25.5 Å². The highest BCUT2D eigenvalue weighted by molar-refractivity contribution is 7.11. The highest BCUT2D eigenvalue weighted by Crippen LogP contribution is 2.32. The van der Waals surface area contributed by atoms with Crippen molar-refractivity contribution in [2.24, 2.45) is 0 Å². The van der Waals surface area contributed by atoms with Crippen molar-refractivity contribution in [3.63, 3.8) is 0 Å². The summed E-state index contributed by atoms with van der Waals surface area (Å²) < 4.78 is 35.1. The normalized spacial score (nSPS) is 11.8. The van der Waals surface area contributed by atoms with Gasteiger partial charge in [-0.05, 0) is 38.1 Å². The number of Topliss-reactive ketones (excluding diaryl/α,β-unsaturated/α-hetero) is 1. The van der Waals surface area contributed by atoms with Crippen LogP contribution in [0.15, 0.2) is 36.5 Å². The summed E-state index contributed by atoms with van der Waals surface area (Å²) in [6, 6.07) is 6.77. The highest BCUT2D eigenvalue weighted by Gasteiger charge is 2.38. The Morgan fingerprint density at radius 3 is 2.44 bits per heavy atom. The van der Waals surface area contributed by atoms with E-state index in [4.69, 9.17) is 4.74 Å². The first-order valence-electron chi connectivity index (χ1n) is 10.4. The number of ether oxygens (including phenoxy) is 1. The van der Waals surface area contributed by atoms with Crippen LogP contribution in [0.25, 0.3) is 5.65 Å². The smallest absolute Gasteiger partial charge is 0.182 e. The summed E-state index contributed by atoms with van der Waals surface area (Å²) in [5.41, 5.74) is -0.574. The number of aliphatic hydroxyl groups is 2. The number of fused-ring (bicyclic) bond motifs is 1. The van der Waals surface area contributed by atoms with Gasteiger partial charge in [0.25, 0.3) is 0 Å². The summed E-state index contributed by atoms with van der Waals surface area (Å²) in [4.78, 5) is 17.8. The van der Waals surface area contributed by atoms with Gasteiger partial charge in [-0.15, -0.1) is 21.5 Å². The molecule has 0 saturated heterocycles. The second-order valence-corrected chi connectivity index (χ2v) is 9.11. The fourth-order valence-corrected chi connectivity index (χ4v) is 4.56. The standard InChI is InChI=1S/C23H22F2N4O4S/c1-13-20(18(32)9-23(11-30,12-31)22-28-27-14(2)34-22)29-8-4-7-19(21(29)26-13)33-10-15-16(24)5-3-6-17(15)25/h3-8,30-31H,9-12H2,1-2H3. The highest BCUT2D eigenvalue weighted by atomic mass is 32.1. The van der Waals surface area contributed by atoms with Gasteiger partial charge in [0.05, 0.1) is 29.9 Å². The molecule has 0 aliphatic carbocycles. The number of halogens is 2. The number of carbonyl (C=O) groups excluding carboxylic acids is 1. The molecule has 11 heteroatoms. The third-order valence-corrected chi connectivity index (χ3v) is 6.66. The summed E-state index contributed by atoms with van der Waals surface area (Å²) in [7, 11) is 0. The zero-order chi connectivity index (χ0) is 24.5. The third-order valence-electron chi connectivity index (χ3n) is 5.57. The topological polar surface area (TPSA) is 110 Å². The lowest BCUT2D eigenvalue weighted by Gasteiger charge is -2.26. The SMILES string of the molecule is Cc1nnc(C(CO)(CO)CC(=O)c2c(C)nc3c(OCc4c(F)cccc4F)cccn23)s1. The lowest BCUT2D eigenvalue weighted by molar-refractivity contribution is 0.0780. The third kappa shape index (κ3) is 4.29. The molecule has 34 heavy (non-hydrogen) atoms.